The first kappa shape index (κ1) is 22.7. The highest BCUT2D eigenvalue weighted by Gasteiger charge is 2.42. The van der Waals surface area contributed by atoms with Gasteiger partial charge < -0.3 is 15.3 Å². The number of carboxylic acids is 1. The van der Waals surface area contributed by atoms with Gasteiger partial charge in [0.25, 0.3) is 0 Å². The van der Waals surface area contributed by atoms with Gasteiger partial charge in [-0.3, -0.25) is 4.79 Å². The summed E-state index contributed by atoms with van der Waals surface area (Å²) in [6, 6.07) is 13.3. The molecule has 3 aliphatic rings. The maximum absolute atomic E-state index is 11.5. The van der Waals surface area contributed by atoms with Gasteiger partial charge in [-0.15, -0.1) is 0 Å². The quantitative estimate of drug-likeness (QED) is 0.646. The van der Waals surface area contributed by atoms with Crippen molar-refractivity contribution in [3.05, 3.63) is 53.1 Å². The number of carboxylic acid groups (broad SMARTS) is 1. The SMILES string of the molecule is O=C(O)C(F)(F)F.O=Cc1ccccc1-c1cc2c3c(c1)[C@@H]1CNCC[C@@H]1N3CCSC2. The van der Waals surface area contributed by atoms with Crippen LogP contribution >= 0.6 is 11.8 Å². The molecule has 5 nitrogen and oxygen atoms in total. The minimum absolute atomic E-state index is 0.578. The number of aldehydes is 1. The average Bonchev–Trinajstić information content (AvgIpc) is 2.94. The van der Waals surface area contributed by atoms with Crippen LogP contribution in [0.1, 0.15) is 33.8 Å². The number of rotatable bonds is 2. The summed E-state index contributed by atoms with van der Waals surface area (Å²) in [7, 11) is 0. The number of hydrogen-bond donors (Lipinski definition) is 2. The first-order valence-corrected chi connectivity index (χ1v) is 11.5. The predicted molar refractivity (Wildman–Crippen MR) is 118 cm³/mol. The Kier molecular flexibility index (Phi) is 6.48. The van der Waals surface area contributed by atoms with Crippen LogP contribution in [0.5, 0.6) is 0 Å². The number of alkyl halides is 3. The van der Waals surface area contributed by atoms with E-state index in [0.717, 1.165) is 42.8 Å². The zero-order valence-electron chi connectivity index (χ0n) is 17.2. The topological polar surface area (TPSA) is 69.6 Å². The first-order valence-electron chi connectivity index (χ1n) is 10.4. The summed E-state index contributed by atoms with van der Waals surface area (Å²) < 4.78 is 31.7. The monoisotopic (exact) mass is 464 g/mol. The highest BCUT2D eigenvalue weighted by Crippen LogP contribution is 2.49. The van der Waals surface area contributed by atoms with Gasteiger partial charge in [-0.05, 0) is 47.4 Å². The smallest absolute Gasteiger partial charge is 0.475 e. The summed E-state index contributed by atoms with van der Waals surface area (Å²) in [5.74, 6) is 0.0924. The van der Waals surface area contributed by atoms with Crippen molar-refractivity contribution >= 4 is 29.7 Å². The zero-order chi connectivity index (χ0) is 22.9. The van der Waals surface area contributed by atoms with Crippen molar-refractivity contribution in [2.45, 2.75) is 30.3 Å². The van der Waals surface area contributed by atoms with Crippen molar-refractivity contribution in [3.63, 3.8) is 0 Å². The van der Waals surface area contributed by atoms with E-state index < -0.39 is 12.1 Å². The molecule has 1 fully saturated rings. The Morgan fingerprint density at radius 1 is 1.25 bits per heavy atom. The van der Waals surface area contributed by atoms with Gasteiger partial charge in [-0.25, -0.2) is 4.79 Å². The van der Waals surface area contributed by atoms with E-state index in [0.29, 0.717) is 12.0 Å². The number of anilines is 1. The second-order valence-electron chi connectivity index (χ2n) is 7.99. The molecule has 3 heterocycles. The third kappa shape index (κ3) is 4.36. The number of nitrogens with zero attached hydrogens (tertiary/aromatic N) is 1. The number of aliphatic carboxylic acids is 1. The fraction of sp³-hybridized carbons (Fsp3) is 0.391. The summed E-state index contributed by atoms with van der Waals surface area (Å²) in [5, 5.41) is 10.7. The van der Waals surface area contributed by atoms with Gasteiger partial charge in [0.2, 0.25) is 0 Å². The Hall–Kier alpha value is -2.52. The van der Waals surface area contributed by atoms with Crippen LogP contribution in [-0.4, -0.2) is 55.0 Å². The summed E-state index contributed by atoms with van der Waals surface area (Å²) in [6.45, 7) is 3.35. The van der Waals surface area contributed by atoms with Crippen molar-refractivity contribution in [1.29, 1.82) is 0 Å². The number of benzene rings is 2. The summed E-state index contributed by atoms with van der Waals surface area (Å²) >= 11 is 2.03. The third-order valence-electron chi connectivity index (χ3n) is 6.13. The largest absolute Gasteiger partial charge is 0.490 e. The van der Waals surface area contributed by atoms with Gasteiger partial charge in [0.05, 0.1) is 0 Å². The van der Waals surface area contributed by atoms with Crippen molar-refractivity contribution in [2.24, 2.45) is 0 Å². The summed E-state index contributed by atoms with van der Waals surface area (Å²) in [6.07, 6.45) is -2.88. The van der Waals surface area contributed by atoms with Crippen LogP contribution in [0.25, 0.3) is 11.1 Å². The molecule has 2 aromatic carbocycles. The van der Waals surface area contributed by atoms with Gasteiger partial charge in [0, 0.05) is 47.8 Å². The zero-order valence-corrected chi connectivity index (χ0v) is 18.0. The molecule has 9 heteroatoms. The van der Waals surface area contributed by atoms with Crippen LogP contribution in [0.3, 0.4) is 0 Å². The van der Waals surface area contributed by atoms with Gasteiger partial charge in [0.15, 0.2) is 6.29 Å². The van der Waals surface area contributed by atoms with E-state index in [2.05, 4.69) is 28.4 Å². The van der Waals surface area contributed by atoms with E-state index in [9.17, 15) is 18.0 Å². The third-order valence-corrected chi connectivity index (χ3v) is 7.11. The molecule has 2 atom stereocenters. The Balaban J connectivity index is 0.000000307. The number of halogens is 3. The van der Waals surface area contributed by atoms with Crippen molar-refractivity contribution in [3.8, 4) is 11.1 Å². The van der Waals surface area contributed by atoms with Crippen LogP contribution in [0.15, 0.2) is 36.4 Å². The van der Waals surface area contributed by atoms with Crippen molar-refractivity contribution < 1.29 is 27.9 Å². The van der Waals surface area contributed by atoms with Gasteiger partial charge in [-0.2, -0.15) is 24.9 Å². The van der Waals surface area contributed by atoms with Crippen LogP contribution in [-0.2, 0) is 10.5 Å². The predicted octanol–water partition coefficient (Wildman–Crippen LogP) is 4.31. The normalized spacial score (nSPS) is 21.5. The van der Waals surface area contributed by atoms with Gasteiger partial charge in [-0.1, -0.05) is 24.3 Å². The molecule has 0 aliphatic carbocycles. The number of nitrogens with one attached hydrogen (secondary N) is 1. The molecular weight excluding hydrogens is 441 g/mol. The Labute approximate surface area is 188 Å². The number of carbonyl (C=O) groups excluding carboxylic acids is 1. The molecule has 0 amide bonds. The summed E-state index contributed by atoms with van der Waals surface area (Å²) in [5.41, 5.74) is 7.48. The molecule has 0 unspecified atom stereocenters. The van der Waals surface area contributed by atoms with E-state index in [-0.39, 0.29) is 0 Å². The van der Waals surface area contributed by atoms with Gasteiger partial charge >= 0.3 is 12.1 Å². The van der Waals surface area contributed by atoms with E-state index in [4.69, 9.17) is 9.90 Å². The van der Waals surface area contributed by atoms with E-state index in [1.807, 2.05) is 30.0 Å². The number of thioether (sulfide) groups is 1. The molecule has 2 N–H and O–H groups in total. The number of piperidine rings is 1. The van der Waals surface area contributed by atoms with E-state index in [1.54, 1.807) is 0 Å². The molecule has 5 rings (SSSR count). The Bertz CT molecular complexity index is 1030. The molecule has 0 bridgehead atoms. The molecule has 0 spiro atoms. The lowest BCUT2D eigenvalue weighted by atomic mass is 9.87. The minimum atomic E-state index is -5.08. The maximum Gasteiger partial charge on any atom is 0.490 e. The van der Waals surface area contributed by atoms with Crippen LogP contribution in [0.2, 0.25) is 0 Å². The molecule has 170 valence electrons. The molecule has 1 saturated heterocycles. The Morgan fingerprint density at radius 3 is 2.72 bits per heavy atom. The highest BCUT2D eigenvalue weighted by atomic mass is 32.2. The van der Waals surface area contributed by atoms with E-state index in [1.165, 1.54) is 34.6 Å². The standard InChI is InChI=1S/C21H22N2OS.C2HF3O2/c24-12-14-3-1-2-4-17(14)15-9-16-13-25-8-7-23-20-5-6-22-11-19(20)18(10-15)21(16)23;3-2(4,5)1(6)7/h1-4,9-10,12,19-20,22H,5-8,11,13H2;(H,6,7)/t19-,20-;/m0./s1. The lowest BCUT2D eigenvalue weighted by molar-refractivity contribution is -0.192. The first-order chi connectivity index (χ1) is 15.3. The molecule has 0 saturated carbocycles. The van der Waals surface area contributed by atoms with E-state index >= 15 is 0 Å². The molecule has 3 aliphatic heterocycles. The average molecular weight is 465 g/mol. The highest BCUT2D eigenvalue weighted by molar-refractivity contribution is 7.98. The molecule has 2 aromatic rings. The fourth-order valence-corrected chi connectivity index (χ4v) is 5.71. The lowest BCUT2D eigenvalue weighted by Gasteiger charge is -2.33. The number of hydrogen-bond acceptors (Lipinski definition) is 5. The number of fused-ring (bicyclic) bond motifs is 3. The Morgan fingerprint density at radius 2 is 2.00 bits per heavy atom. The minimum Gasteiger partial charge on any atom is -0.475 e. The molecule has 0 radical (unpaired) electrons. The van der Waals surface area contributed by atoms with Gasteiger partial charge in [0.1, 0.15) is 0 Å². The molecule has 32 heavy (non-hydrogen) atoms. The molecule has 0 aromatic heterocycles. The second kappa shape index (κ2) is 9.15. The second-order valence-corrected chi connectivity index (χ2v) is 9.10. The summed E-state index contributed by atoms with van der Waals surface area (Å²) in [4.78, 5) is 23.1. The van der Waals surface area contributed by atoms with Crippen molar-refractivity contribution in [2.75, 3.05) is 30.3 Å². The maximum atomic E-state index is 11.5. The van der Waals surface area contributed by atoms with Crippen LogP contribution in [0, 0.1) is 0 Å². The van der Waals surface area contributed by atoms with Crippen LogP contribution < -0.4 is 10.2 Å². The van der Waals surface area contributed by atoms with Crippen molar-refractivity contribution in [1.82, 2.24) is 5.32 Å². The fourth-order valence-electron chi connectivity index (χ4n) is 4.80. The number of carbonyl (C=O) groups is 2. The van der Waals surface area contributed by atoms with Crippen LogP contribution in [0.4, 0.5) is 18.9 Å². The lowest BCUT2D eigenvalue weighted by Crippen LogP contribution is -2.44. The molecular formula is C23H23F3N2O3S.